The van der Waals surface area contributed by atoms with Gasteiger partial charge in [0.2, 0.25) is 5.75 Å². The number of benzene rings is 1. The first-order chi connectivity index (χ1) is 10.4. The maximum Gasteiger partial charge on any atom is 0.392 e. The quantitative estimate of drug-likeness (QED) is 0.613. The van der Waals surface area contributed by atoms with Crippen molar-refractivity contribution in [1.29, 1.82) is 0 Å². The van der Waals surface area contributed by atoms with Crippen LogP contribution in [0.3, 0.4) is 0 Å². The summed E-state index contributed by atoms with van der Waals surface area (Å²) in [4.78, 5) is 10.4. The molecule has 120 valence electrons. The molecule has 1 aromatic rings. The molecule has 1 heterocycles. The van der Waals surface area contributed by atoms with Gasteiger partial charge in [-0.3, -0.25) is 10.1 Å². The van der Waals surface area contributed by atoms with E-state index in [9.17, 15) is 23.3 Å². The summed E-state index contributed by atoms with van der Waals surface area (Å²) < 4.78 is 47.0. The molecule has 22 heavy (non-hydrogen) atoms. The molecule has 0 N–H and O–H groups in total. The minimum Gasteiger partial charge on any atom is -0.486 e. The normalized spacial score (nSPS) is 15.3. The van der Waals surface area contributed by atoms with Gasteiger partial charge in [-0.2, -0.15) is 13.2 Å². The molecule has 0 unspecified atom stereocenters. The number of halogens is 3. The van der Waals surface area contributed by atoms with Crippen molar-refractivity contribution in [3.8, 4) is 5.75 Å². The van der Waals surface area contributed by atoms with Crippen molar-refractivity contribution in [3.63, 3.8) is 0 Å². The standard InChI is InChI=1S/C14H14F3NO4/c15-14(16,17)6-9-22-13-11(10-4-7-21-8-5-10)2-1-3-12(13)18(19)20/h1-4H,5-9H2. The summed E-state index contributed by atoms with van der Waals surface area (Å²) in [5, 5.41) is 11.1. The summed E-state index contributed by atoms with van der Waals surface area (Å²) in [5.41, 5.74) is 0.878. The van der Waals surface area contributed by atoms with E-state index in [2.05, 4.69) is 0 Å². The smallest absolute Gasteiger partial charge is 0.392 e. The van der Waals surface area contributed by atoms with Crippen molar-refractivity contribution in [1.82, 2.24) is 0 Å². The number of alkyl halides is 3. The Kier molecular flexibility index (Phi) is 5.02. The maximum absolute atomic E-state index is 12.2. The summed E-state index contributed by atoms with van der Waals surface area (Å²) in [7, 11) is 0. The zero-order valence-corrected chi connectivity index (χ0v) is 11.6. The van der Waals surface area contributed by atoms with E-state index in [0.29, 0.717) is 25.2 Å². The van der Waals surface area contributed by atoms with E-state index < -0.39 is 24.1 Å². The van der Waals surface area contributed by atoms with Gasteiger partial charge in [0, 0.05) is 11.6 Å². The number of ether oxygens (including phenoxy) is 2. The van der Waals surface area contributed by atoms with E-state index in [1.165, 1.54) is 12.1 Å². The number of nitro benzene ring substituents is 1. The summed E-state index contributed by atoms with van der Waals surface area (Å²) >= 11 is 0. The highest BCUT2D eigenvalue weighted by molar-refractivity contribution is 5.75. The Hall–Kier alpha value is -2.09. The molecular formula is C14H14F3NO4. The second kappa shape index (κ2) is 6.78. The number of hydrogen-bond acceptors (Lipinski definition) is 4. The first kappa shape index (κ1) is 16.3. The molecule has 0 amide bonds. The largest absolute Gasteiger partial charge is 0.486 e. The maximum atomic E-state index is 12.2. The van der Waals surface area contributed by atoms with E-state index in [-0.39, 0.29) is 11.4 Å². The first-order valence-electron chi connectivity index (χ1n) is 6.62. The number of para-hydroxylation sites is 1. The van der Waals surface area contributed by atoms with Gasteiger partial charge >= 0.3 is 11.9 Å². The molecule has 0 radical (unpaired) electrons. The minimum atomic E-state index is -4.37. The lowest BCUT2D eigenvalue weighted by Crippen LogP contribution is -2.14. The van der Waals surface area contributed by atoms with Gasteiger partial charge in [0.05, 0.1) is 31.2 Å². The van der Waals surface area contributed by atoms with Crippen molar-refractivity contribution < 1.29 is 27.6 Å². The zero-order valence-electron chi connectivity index (χ0n) is 11.6. The molecule has 2 rings (SSSR count). The van der Waals surface area contributed by atoms with E-state index >= 15 is 0 Å². The van der Waals surface area contributed by atoms with E-state index in [1.807, 2.05) is 0 Å². The van der Waals surface area contributed by atoms with Crippen LogP contribution in [0.4, 0.5) is 18.9 Å². The Morgan fingerprint density at radius 2 is 2.14 bits per heavy atom. The summed E-state index contributed by atoms with van der Waals surface area (Å²) in [6.07, 6.45) is -3.27. The molecule has 0 saturated heterocycles. The number of nitrogens with zero attached hydrogens (tertiary/aromatic N) is 1. The van der Waals surface area contributed by atoms with Crippen LogP contribution in [0, 0.1) is 10.1 Å². The van der Waals surface area contributed by atoms with Crippen LogP contribution < -0.4 is 4.74 Å². The topological polar surface area (TPSA) is 61.6 Å². The summed E-state index contributed by atoms with van der Waals surface area (Å²) in [6.45, 7) is 0.154. The predicted octanol–water partition coefficient (Wildman–Crippen LogP) is 3.73. The third-order valence-corrected chi connectivity index (χ3v) is 3.13. The fraction of sp³-hybridized carbons (Fsp3) is 0.429. The van der Waals surface area contributed by atoms with Crippen molar-refractivity contribution in [2.75, 3.05) is 19.8 Å². The summed E-state index contributed by atoms with van der Waals surface area (Å²) in [5.74, 6) is -0.120. The lowest BCUT2D eigenvalue weighted by atomic mass is 10.00. The average molecular weight is 317 g/mol. The van der Waals surface area contributed by atoms with Gasteiger partial charge in [-0.15, -0.1) is 0 Å². The van der Waals surface area contributed by atoms with Crippen LogP contribution in [-0.4, -0.2) is 30.9 Å². The van der Waals surface area contributed by atoms with Crippen LogP contribution in [0.5, 0.6) is 5.75 Å². The molecule has 0 spiro atoms. The van der Waals surface area contributed by atoms with Gasteiger partial charge in [-0.25, -0.2) is 0 Å². The van der Waals surface area contributed by atoms with E-state index in [4.69, 9.17) is 9.47 Å². The Labute approximate surface area is 124 Å². The predicted molar refractivity (Wildman–Crippen MR) is 72.7 cm³/mol. The number of rotatable bonds is 5. The molecule has 0 fully saturated rings. The second-order valence-corrected chi connectivity index (χ2v) is 4.68. The first-order valence-corrected chi connectivity index (χ1v) is 6.62. The number of nitro groups is 1. The monoisotopic (exact) mass is 317 g/mol. The second-order valence-electron chi connectivity index (χ2n) is 4.68. The van der Waals surface area contributed by atoms with Gasteiger partial charge in [-0.05, 0) is 12.0 Å². The Morgan fingerprint density at radius 1 is 1.36 bits per heavy atom. The van der Waals surface area contributed by atoms with Crippen molar-refractivity contribution in [3.05, 3.63) is 40.0 Å². The van der Waals surface area contributed by atoms with Crippen LogP contribution in [0.1, 0.15) is 18.4 Å². The van der Waals surface area contributed by atoms with Gasteiger partial charge in [-0.1, -0.05) is 18.2 Å². The van der Waals surface area contributed by atoms with Crippen molar-refractivity contribution in [2.24, 2.45) is 0 Å². The molecular weight excluding hydrogens is 303 g/mol. The fourth-order valence-electron chi connectivity index (χ4n) is 2.11. The molecule has 1 aliphatic rings. The van der Waals surface area contributed by atoms with E-state index in [1.54, 1.807) is 12.1 Å². The van der Waals surface area contributed by atoms with Gasteiger partial charge in [0.25, 0.3) is 0 Å². The molecule has 8 heteroatoms. The lowest BCUT2D eigenvalue weighted by Gasteiger charge is -2.17. The third-order valence-electron chi connectivity index (χ3n) is 3.13. The number of hydrogen-bond donors (Lipinski definition) is 0. The zero-order chi connectivity index (χ0) is 16.2. The molecule has 0 bridgehead atoms. The van der Waals surface area contributed by atoms with Crippen LogP contribution in [0.25, 0.3) is 5.57 Å². The molecule has 0 aliphatic carbocycles. The highest BCUT2D eigenvalue weighted by atomic mass is 19.4. The van der Waals surface area contributed by atoms with Crippen molar-refractivity contribution >= 4 is 11.3 Å². The van der Waals surface area contributed by atoms with Crippen molar-refractivity contribution in [2.45, 2.75) is 19.0 Å². The molecule has 1 aliphatic heterocycles. The molecule has 0 aromatic heterocycles. The van der Waals surface area contributed by atoms with Gasteiger partial charge in [0.15, 0.2) is 0 Å². The fourth-order valence-corrected chi connectivity index (χ4v) is 2.11. The van der Waals surface area contributed by atoms with Gasteiger partial charge in [0.1, 0.15) is 0 Å². The van der Waals surface area contributed by atoms with Crippen LogP contribution in [-0.2, 0) is 4.74 Å². The highest BCUT2D eigenvalue weighted by Gasteiger charge is 2.28. The Bertz CT molecular complexity index is 584. The molecule has 5 nitrogen and oxygen atoms in total. The SMILES string of the molecule is O=[N+]([O-])c1cccc(C2=CCOCC2)c1OCCC(F)(F)F. The summed E-state index contributed by atoms with van der Waals surface area (Å²) in [6, 6.07) is 4.31. The molecule has 0 atom stereocenters. The highest BCUT2D eigenvalue weighted by Crippen LogP contribution is 2.37. The van der Waals surface area contributed by atoms with Crippen LogP contribution in [0.15, 0.2) is 24.3 Å². The van der Waals surface area contributed by atoms with Gasteiger partial charge < -0.3 is 9.47 Å². The van der Waals surface area contributed by atoms with Crippen LogP contribution >= 0.6 is 0 Å². The molecule has 1 aromatic carbocycles. The Morgan fingerprint density at radius 3 is 2.73 bits per heavy atom. The molecule has 0 saturated carbocycles. The van der Waals surface area contributed by atoms with E-state index in [0.717, 1.165) is 5.57 Å². The minimum absolute atomic E-state index is 0.120. The Balaban J connectivity index is 2.30. The lowest BCUT2D eigenvalue weighted by molar-refractivity contribution is -0.386. The van der Waals surface area contributed by atoms with Crippen LogP contribution in [0.2, 0.25) is 0 Å². The average Bonchev–Trinajstić information content (AvgIpc) is 2.46. The third kappa shape index (κ3) is 4.20.